The first-order valence-electron chi connectivity index (χ1n) is 15.8. The largest absolute Gasteiger partial charge is 0.480 e. The predicted octanol–water partition coefficient (Wildman–Crippen LogP) is 6.05. The minimum absolute atomic E-state index is 0.0449. The van der Waals surface area contributed by atoms with Crippen LogP contribution in [0.1, 0.15) is 149 Å². The zero-order valence-electron chi connectivity index (χ0n) is 25.9. The smallest absolute Gasteiger partial charge is 0.326 e. The molecule has 9 heteroatoms. The van der Waals surface area contributed by atoms with E-state index in [0.717, 1.165) is 57.8 Å². The summed E-state index contributed by atoms with van der Waals surface area (Å²) in [7, 11) is 1.52. The van der Waals surface area contributed by atoms with Gasteiger partial charge in [-0.05, 0) is 45.4 Å². The van der Waals surface area contributed by atoms with E-state index < -0.39 is 18.3 Å². The molecule has 0 fully saturated rings. The molecule has 0 aromatic rings. The van der Waals surface area contributed by atoms with Crippen molar-refractivity contribution >= 4 is 23.6 Å². The molecule has 0 saturated heterocycles. The second-order valence-electron chi connectivity index (χ2n) is 10.3. The Morgan fingerprint density at radius 3 is 1.62 bits per heavy atom. The van der Waals surface area contributed by atoms with E-state index in [1.165, 1.54) is 45.6 Å². The Kier molecular flexibility index (Phi) is 30.1. The van der Waals surface area contributed by atoms with E-state index in [4.69, 9.17) is 4.74 Å². The number of Topliss-reactive ketones (excluding diaryl/α,β-unsaturated/α-hetero) is 1. The fraction of sp³-hybridized carbons (Fsp3) is 0.871. The number of unbranched alkanes of at least 4 members (excludes halogenated alkanes) is 13. The highest BCUT2D eigenvalue weighted by molar-refractivity contribution is 5.84. The highest BCUT2D eigenvalue weighted by atomic mass is 16.6. The molecule has 236 valence electrons. The number of aliphatic hydroxyl groups excluding tert-OH is 1. The lowest BCUT2D eigenvalue weighted by Gasteiger charge is -2.14. The third kappa shape index (κ3) is 29.0. The van der Waals surface area contributed by atoms with E-state index >= 15 is 0 Å². The molecule has 0 saturated carbocycles. The van der Waals surface area contributed by atoms with Gasteiger partial charge in [0.15, 0.2) is 6.29 Å². The first-order valence-corrected chi connectivity index (χ1v) is 15.8. The lowest BCUT2D eigenvalue weighted by atomic mass is 10.0. The molecule has 0 aliphatic rings. The van der Waals surface area contributed by atoms with Gasteiger partial charge in [0.2, 0.25) is 11.8 Å². The normalized spacial score (nSPS) is 12.1. The number of aliphatic hydroxyl groups is 1. The Balaban J connectivity index is 0. The van der Waals surface area contributed by atoms with E-state index in [1.807, 2.05) is 13.8 Å². The molecule has 0 aliphatic carbocycles. The molecule has 40 heavy (non-hydrogen) atoms. The van der Waals surface area contributed by atoms with Crippen molar-refractivity contribution in [2.24, 2.45) is 0 Å². The van der Waals surface area contributed by atoms with Crippen molar-refractivity contribution in [2.75, 3.05) is 13.7 Å². The van der Waals surface area contributed by atoms with Gasteiger partial charge in [0.25, 0.3) is 0 Å². The summed E-state index contributed by atoms with van der Waals surface area (Å²) in [4.78, 5) is 46.5. The number of carboxylic acids is 1. The van der Waals surface area contributed by atoms with Crippen LogP contribution < -0.4 is 10.6 Å². The van der Waals surface area contributed by atoms with Gasteiger partial charge in [-0.3, -0.25) is 9.59 Å². The van der Waals surface area contributed by atoms with Crippen molar-refractivity contribution in [3.05, 3.63) is 0 Å². The van der Waals surface area contributed by atoms with E-state index in [9.17, 15) is 29.4 Å². The molecule has 2 atom stereocenters. The predicted molar refractivity (Wildman–Crippen MR) is 160 cm³/mol. The maximum atomic E-state index is 12.2. The van der Waals surface area contributed by atoms with Crippen LogP contribution in [0, 0.1) is 0 Å². The maximum absolute atomic E-state index is 12.2. The van der Waals surface area contributed by atoms with Gasteiger partial charge in [-0.1, -0.05) is 84.5 Å². The van der Waals surface area contributed by atoms with E-state index in [0.29, 0.717) is 25.8 Å². The molecular formula is C31H60N2O7. The fourth-order valence-electron chi connectivity index (χ4n) is 4.28. The molecule has 0 spiro atoms. The van der Waals surface area contributed by atoms with Crippen LogP contribution in [0.2, 0.25) is 0 Å². The highest BCUT2D eigenvalue weighted by Crippen LogP contribution is 2.13. The van der Waals surface area contributed by atoms with Gasteiger partial charge in [0.05, 0.1) is 0 Å². The number of carboxylic acid groups (broad SMARTS) is 1. The van der Waals surface area contributed by atoms with Crippen LogP contribution in [-0.4, -0.2) is 59.8 Å². The van der Waals surface area contributed by atoms with Gasteiger partial charge >= 0.3 is 5.97 Å². The van der Waals surface area contributed by atoms with Crippen molar-refractivity contribution < 1.29 is 34.1 Å². The van der Waals surface area contributed by atoms with E-state index in [-0.39, 0.29) is 30.4 Å². The Bertz CT molecular complexity index is 643. The highest BCUT2D eigenvalue weighted by Gasteiger charge is 2.20. The lowest BCUT2D eigenvalue weighted by Crippen LogP contribution is -2.41. The third-order valence-electron chi connectivity index (χ3n) is 6.70. The van der Waals surface area contributed by atoms with Crippen molar-refractivity contribution in [1.29, 1.82) is 0 Å². The summed E-state index contributed by atoms with van der Waals surface area (Å²) in [5, 5.41) is 24.0. The molecule has 2 unspecified atom stereocenters. The Morgan fingerprint density at radius 1 is 0.650 bits per heavy atom. The number of amides is 2. The average Bonchev–Trinajstić information content (AvgIpc) is 2.93. The molecule has 0 aliphatic heterocycles. The standard InChI is InChI=1S/C29H54N2O7.C2H6/c1-24(32)18-14-13-17-23-30-26(33)22-21-25(29(36)37)31-27(34)19-15-11-9-7-5-3-4-6-8-10-12-16-20-28(35)38-2;1-2/h25,28,35H,3-23H2,1-2H3,(H,30,33)(H,31,34)(H,36,37);1-2H3. The van der Waals surface area contributed by atoms with Gasteiger partial charge in [-0.15, -0.1) is 0 Å². The summed E-state index contributed by atoms with van der Waals surface area (Å²) in [5.74, 6) is -1.46. The molecule has 9 nitrogen and oxygen atoms in total. The summed E-state index contributed by atoms with van der Waals surface area (Å²) in [5.41, 5.74) is 0. The zero-order chi connectivity index (χ0) is 30.4. The molecule has 0 radical (unpaired) electrons. The van der Waals surface area contributed by atoms with Crippen molar-refractivity contribution in [3.8, 4) is 0 Å². The number of rotatable bonds is 27. The lowest BCUT2D eigenvalue weighted by molar-refractivity contribution is -0.142. The number of ketones is 1. The Hall–Kier alpha value is -2.00. The number of hydrogen-bond acceptors (Lipinski definition) is 6. The summed E-state index contributed by atoms with van der Waals surface area (Å²) in [6.45, 7) is 6.07. The van der Waals surface area contributed by atoms with Crippen molar-refractivity contribution in [1.82, 2.24) is 10.6 Å². The summed E-state index contributed by atoms with van der Waals surface area (Å²) in [6.07, 6.45) is 16.9. The quantitative estimate of drug-likeness (QED) is 0.0693. The molecule has 0 rings (SSSR count). The Labute approximate surface area is 243 Å². The number of methoxy groups -OCH3 is 1. The number of hydrogen-bond donors (Lipinski definition) is 4. The van der Waals surface area contributed by atoms with Crippen LogP contribution in [0.15, 0.2) is 0 Å². The first kappa shape index (κ1) is 40.1. The number of nitrogens with one attached hydrogen (secondary N) is 2. The SMILES string of the molecule is CC.COC(O)CCCCCCCCCCCCCCC(=O)NC(CCC(=O)NCCCCCC(C)=O)C(=O)O. The number of aliphatic carboxylic acids is 1. The van der Waals surface area contributed by atoms with Crippen LogP contribution in [-0.2, 0) is 23.9 Å². The van der Waals surface area contributed by atoms with Crippen LogP contribution in [0.4, 0.5) is 0 Å². The zero-order valence-corrected chi connectivity index (χ0v) is 25.9. The minimum atomic E-state index is -1.12. The molecule has 2 amide bonds. The molecule has 0 bridgehead atoms. The summed E-state index contributed by atoms with van der Waals surface area (Å²) < 4.78 is 4.83. The second-order valence-corrected chi connectivity index (χ2v) is 10.3. The van der Waals surface area contributed by atoms with Gasteiger partial charge < -0.3 is 30.4 Å². The maximum Gasteiger partial charge on any atom is 0.326 e. The van der Waals surface area contributed by atoms with Crippen LogP contribution in [0.3, 0.4) is 0 Å². The fourth-order valence-corrected chi connectivity index (χ4v) is 4.28. The van der Waals surface area contributed by atoms with E-state index in [2.05, 4.69) is 10.6 Å². The number of carbonyl (C=O) groups excluding carboxylic acids is 3. The minimum Gasteiger partial charge on any atom is -0.480 e. The van der Waals surface area contributed by atoms with Gasteiger partial charge in [0.1, 0.15) is 11.8 Å². The number of ether oxygens (including phenoxy) is 1. The van der Waals surface area contributed by atoms with Crippen LogP contribution in [0.25, 0.3) is 0 Å². The topological polar surface area (TPSA) is 142 Å². The Morgan fingerprint density at radius 2 is 1.12 bits per heavy atom. The van der Waals surface area contributed by atoms with Crippen molar-refractivity contribution in [3.63, 3.8) is 0 Å². The monoisotopic (exact) mass is 572 g/mol. The molecule has 0 aromatic heterocycles. The van der Waals surface area contributed by atoms with Crippen molar-refractivity contribution in [2.45, 2.75) is 162 Å². The van der Waals surface area contributed by atoms with Gasteiger partial charge in [-0.25, -0.2) is 4.79 Å². The van der Waals surface area contributed by atoms with Gasteiger partial charge in [0, 0.05) is 32.9 Å². The van der Waals surface area contributed by atoms with E-state index in [1.54, 1.807) is 6.92 Å². The number of carbonyl (C=O) groups is 4. The summed E-state index contributed by atoms with van der Waals surface area (Å²) in [6, 6.07) is -1.05. The molecule has 0 aromatic carbocycles. The molecule has 4 N–H and O–H groups in total. The third-order valence-corrected chi connectivity index (χ3v) is 6.70. The van der Waals surface area contributed by atoms with Gasteiger partial charge in [-0.2, -0.15) is 0 Å². The van der Waals surface area contributed by atoms with Crippen LogP contribution in [0.5, 0.6) is 0 Å². The second kappa shape index (κ2) is 30.0. The molecular weight excluding hydrogens is 512 g/mol. The summed E-state index contributed by atoms with van der Waals surface area (Å²) >= 11 is 0. The first-order chi connectivity index (χ1) is 19.3. The van der Waals surface area contributed by atoms with Crippen LogP contribution >= 0.6 is 0 Å². The average molecular weight is 573 g/mol. The molecule has 0 heterocycles.